The van der Waals surface area contributed by atoms with Crippen molar-refractivity contribution in [3.05, 3.63) is 34.9 Å². The lowest BCUT2D eigenvalue weighted by Gasteiger charge is -2.24. The summed E-state index contributed by atoms with van der Waals surface area (Å²) in [7, 11) is 1.54. The lowest BCUT2D eigenvalue weighted by molar-refractivity contribution is -0.146. The summed E-state index contributed by atoms with van der Waals surface area (Å²) >= 11 is 5.79. The minimum atomic E-state index is -0.787. The highest BCUT2D eigenvalue weighted by molar-refractivity contribution is 6.35. The smallest absolute Gasteiger partial charge is 0.312 e. The van der Waals surface area contributed by atoms with E-state index in [0.29, 0.717) is 5.02 Å². The third kappa shape index (κ3) is 3.97. The van der Waals surface area contributed by atoms with Crippen LogP contribution in [0.5, 0.6) is 0 Å². The molecule has 1 unspecified atom stereocenters. The number of nitriles is 1. The van der Waals surface area contributed by atoms with Crippen molar-refractivity contribution in [2.24, 2.45) is 0 Å². The highest BCUT2D eigenvalue weighted by Crippen LogP contribution is 2.20. The minimum absolute atomic E-state index is 0.187. The summed E-state index contributed by atoms with van der Waals surface area (Å²) in [6.07, 6.45) is 0. The van der Waals surface area contributed by atoms with E-state index < -0.39 is 11.8 Å². The molecule has 100 valence electrons. The van der Waals surface area contributed by atoms with Crippen LogP contribution in [0.25, 0.3) is 0 Å². The largest absolute Gasteiger partial charge is 0.335 e. The summed E-state index contributed by atoms with van der Waals surface area (Å²) < 4.78 is 0. The number of rotatable bonds is 3. The van der Waals surface area contributed by atoms with Crippen molar-refractivity contribution in [3.63, 3.8) is 0 Å². The molecule has 0 aliphatic carbocycles. The predicted octanol–water partition coefficient (Wildman–Crippen LogP) is 1.50. The van der Waals surface area contributed by atoms with Crippen LogP contribution < -0.4 is 5.32 Å². The van der Waals surface area contributed by atoms with E-state index >= 15 is 0 Å². The average Bonchev–Trinajstić information content (AvgIpc) is 2.43. The van der Waals surface area contributed by atoms with Crippen molar-refractivity contribution in [2.75, 3.05) is 13.6 Å². The Balaban J connectivity index is 2.74. The summed E-state index contributed by atoms with van der Waals surface area (Å²) in [5.74, 6) is -1.47. The van der Waals surface area contributed by atoms with Gasteiger partial charge in [-0.2, -0.15) is 5.26 Å². The Morgan fingerprint density at radius 2 is 2.00 bits per heavy atom. The summed E-state index contributed by atoms with van der Waals surface area (Å²) in [5, 5.41) is 11.2. The molecule has 1 aromatic carbocycles. The first kappa shape index (κ1) is 15.0. The molecule has 0 fully saturated rings. The Kier molecular flexibility index (Phi) is 5.34. The molecule has 19 heavy (non-hydrogen) atoms. The molecule has 0 bridgehead atoms. The number of hydrogen-bond acceptors (Lipinski definition) is 3. The van der Waals surface area contributed by atoms with Crippen molar-refractivity contribution in [2.45, 2.75) is 13.0 Å². The molecule has 2 amide bonds. The van der Waals surface area contributed by atoms with E-state index in [1.165, 1.54) is 11.9 Å². The monoisotopic (exact) mass is 279 g/mol. The van der Waals surface area contributed by atoms with Gasteiger partial charge in [-0.25, -0.2) is 0 Å². The molecule has 0 aliphatic heterocycles. The topological polar surface area (TPSA) is 73.2 Å². The Hall–Kier alpha value is -2.06. The summed E-state index contributed by atoms with van der Waals surface area (Å²) in [6, 6.07) is 8.51. The van der Waals surface area contributed by atoms with Crippen LogP contribution in [-0.2, 0) is 9.59 Å². The molecule has 0 radical (unpaired) electrons. The number of hydrogen-bond donors (Lipinski definition) is 1. The number of likely N-dealkylation sites (N-methyl/N-ethyl adjacent to an activating group) is 1. The number of nitrogens with zero attached hydrogens (tertiary/aromatic N) is 2. The van der Waals surface area contributed by atoms with Gasteiger partial charge in [0.2, 0.25) is 0 Å². The van der Waals surface area contributed by atoms with Gasteiger partial charge < -0.3 is 10.2 Å². The van der Waals surface area contributed by atoms with E-state index in [-0.39, 0.29) is 12.6 Å². The molecule has 0 heterocycles. The second-order valence-electron chi connectivity index (χ2n) is 3.98. The van der Waals surface area contributed by atoms with Crippen LogP contribution in [0, 0.1) is 11.3 Å². The number of halogens is 1. The zero-order valence-electron chi connectivity index (χ0n) is 10.7. The Morgan fingerprint density at radius 3 is 2.53 bits per heavy atom. The maximum atomic E-state index is 11.8. The van der Waals surface area contributed by atoms with Gasteiger partial charge in [-0.1, -0.05) is 23.7 Å². The van der Waals surface area contributed by atoms with E-state index in [2.05, 4.69) is 5.32 Å². The number of amides is 2. The van der Waals surface area contributed by atoms with Gasteiger partial charge in [-0.15, -0.1) is 0 Å². The Bertz CT molecular complexity index is 508. The van der Waals surface area contributed by atoms with E-state index in [9.17, 15) is 9.59 Å². The van der Waals surface area contributed by atoms with Gasteiger partial charge in [-0.05, 0) is 24.6 Å². The first-order valence-corrected chi connectivity index (χ1v) is 6.02. The molecule has 0 saturated heterocycles. The van der Waals surface area contributed by atoms with Crippen LogP contribution in [0.1, 0.15) is 18.5 Å². The van der Waals surface area contributed by atoms with Crippen LogP contribution in [0.15, 0.2) is 24.3 Å². The average molecular weight is 280 g/mol. The predicted molar refractivity (Wildman–Crippen MR) is 71.3 cm³/mol. The van der Waals surface area contributed by atoms with Crippen LogP contribution in [0.2, 0.25) is 5.02 Å². The fourth-order valence-electron chi connectivity index (χ4n) is 1.50. The summed E-state index contributed by atoms with van der Waals surface area (Å²) in [5.41, 5.74) is 0.869. The van der Waals surface area contributed by atoms with Crippen LogP contribution in [0.3, 0.4) is 0 Å². The van der Waals surface area contributed by atoms with Gasteiger partial charge in [0.25, 0.3) is 0 Å². The molecule has 1 aromatic rings. The van der Waals surface area contributed by atoms with E-state index in [4.69, 9.17) is 16.9 Å². The van der Waals surface area contributed by atoms with E-state index in [1.54, 1.807) is 37.3 Å². The first-order chi connectivity index (χ1) is 8.97. The molecule has 0 spiro atoms. The van der Waals surface area contributed by atoms with Crippen molar-refractivity contribution in [3.8, 4) is 6.07 Å². The summed E-state index contributed by atoms with van der Waals surface area (Å²) in [6.45, 7) is 1.62. The number of carbonyl (C=O) groups is 2. The fraction of sp³-hybridized carbons (Fsp3) is 0.308. The van der Waals surface area contributed by atoms with Gasteiger partial charge in [0, 0.05) is 12.1 Å². The quantitative estimate of drug-likeness (QED) is 0.673. The highest BCUT2D eigenvalue weighted by Gasteiger charge is 2.23. The molecule has 1 atom stereocenters. The Labute approximate surface area is 116 Å². The number of benzene rings is 1. The lowest BCUT2D eigenvalue weighted by atomic mass is 10.1. The molecule has 0 aromatic heterocycles. The lowest BCUT2D eigenvalue weighted by Crippen LogP contribution is -2.42. The van der Waals surface area contributed by atoms with Crippen molar-refractivity contribution in [1.82, 2.24) is 10.2 Å². The molecule has 0 aliphatic rings. The Morgan fingerprint density at radius 1 is 1.42 bits per heavy atom. The SMILES string of the molecule is CC(c1ccc(Cl)cc1)N(C)C(=O)C(=O)NCC#N. The van der Waals surface area contributed by atoms with Crippen LogP contribution >= 0.6 is 11.6 Å². The zero-order chi connectivity index (χ0) is 14.4. The maximum absolute atomic E-state index is 11.8. The maximum Gasteiger partial charge on any atom is 0.312 e. The molecular formula is C13H14ClN3O2. The van der Waals surface area contributed by atoms with Crippen molar-refractivity contribution in [1.29, 1.82) is 5.26 Å². The molecule has 0 saturated carbocycles. The first-order valence-electron chi connectivity index (χ1n) is 5.64. The molecule has 1 rings (SSSR count). The molecular weight excluding hydrogens is 266 g/mol. The van der Waals surface area contributed by atoms with Gasteiger partial charge in [0.1, 0.15) is 6.54 Å². The zero-order valence-corrected chi connectivity index (χ0v) is 11.4. The highest BCUT2D eigenvalue weighted by atomic mass is 35.5. The standard InChI is InChI=1S/C13H14ClN3O2/c1-9(10-3-5-11(14)6-4-10)17(2)13(19)12(18)16-8-7-15/h3-6,9H,8H2,1-2H3,(H,16,18). The second-order valence-corrected chi connectivity index (χ2v) is 4.42. The second kappa shape index (κ2) is 6.76. The van der Waals surface area contributed by atoms with Gasteiger partial charge >= 0.3 is 11.8 Å². The van der Waals surface area contributed by atoms with Gasteiger partial charge in [0.15, 0.2) is 0 Å². The normalized spacial score (nSPS) is 11.3. The molecule has 5 nitrogen and oxygen atoms in total. The fourth-order valence-corrected chi connectivity index (χ4v) is 1.62. The van der Waals surface area contributed by atoms with Gasteiger partial charge in [0.05, 0.1) is 12.1 Å². The van der Waals surface area contributed by atoms with E-state index in [1.807, 2.05) is 0 Å². The minimum Gasteiger partial charge on any atom is -0.335 e. The van der Waals surface area contributed by atoms with E-state index in [0.717, 1.165) is 5.56 Å². The van der Waals surface area contributed by atoms with Crippen molar-refractivity contribution >= 4 is 23.4 Å². The molecule has 1 N–H and O–H groups in total. The summed E-state index contributed by atoms with van der Waals surface area (Å²) in [4.78, 5) is 24.6. The third-order valence-electron chi connectivity index (χ3n) is 2.78. The number of nitrogens with one attached hydrogen (secondary N) is 1. The van der Waals surface area contributed by atoms with Crippen LogP contribution in [-0.4, -0.2) is 30.3 Å². The van der Waals surface area contributed by atoms with Crippen LogP contribution in [0.4, 0.5) is 0 Å². The van der Waals surface area contributed by atoms with Crippen molar-refractivity contribution < 1.29 is 9.59 Å². The number of carbonyl (C=O) groups excluding carboxylic acids is 2. The molecule has 6 heteroatoms. The third-order valence-corrected chi connectivity index (χ3v) is 3.03. The van der Waals surface area contributed by atoms with Gasteiger partial charge in [-0.3, -0.25) is 9.59 Å².